The van der Waals surface area contributed by atoms with E-state index in [1.807, 2.05) is 6.08 Å². The Morgan fingerprint density at radius 1 is 0.398 bits per heavy atom. The summed E-state index contributed by atoms with van der Waals surface area (Å²) >= 11 is 0. The molecule has 1 amide bonds. The molecular formula is C74H141NO8. The molecule has 1 rings (SSSR count). The minimum absolute atomic E-state index is 0.183. The molecule has 6 N–H and O–H groups in total. The number of carbonyl (C=O) groups excluding carboxylic acids is 1. The Hall–Kier alpha value is -1.59. The topological polar surface area (TPSA) is 149 Å². The minimum Gasteiger partial charge on any atom is -0.394 e. The Morgan fingerprint density at radius 2 is 0.687 bits per heavy atom. The number of unbranched alkanes of at least 4 members (excludes halogenated alkanes) is 51. The van der Waals surface area contributed by atoms with Gasteiger partial charge in [0.25, 0.3) is 0 Å². The van der Waals surface area contributed by atoms with Crippen molar-refractivity contribution < 1.29 is 39.8 Å². The summed E-state index contributed by atoms with van der Waals surface area (Å²) < 4.78 is 11.3. The van der Waals surface area contributed by atoms with Crippen LogP contribution in [0.15, 0.2) is 36.5 Å². The largest absolute Gasteiger partial charge is 0.394 e. The highest BCUT2D eigenvalue weighted by atomic mass is 16.7. The maximum atomic E-state index is 13.1. The van der Waals surface area contributed by atoms with E-state index >= 15 is 0 Å². The molecule has 7 unspecified atom stereocenters. The first-order chi connectivity index (χ1) is 40.8. The lowest BCUT2D eigenvalue weighted by Crippen LogP contribution is -2.60. The molecule has 0 bridgehead atoms. The van der Waals surface area contributed by atoms with Gasteiger partial charge in [-0.25, -0.2) is 0 Å². The lowest BCUT2D eigenvalue weighted by atomic mass is 9.99. The second kappa shape index (κ2) is 63.4. The molecule has 0 aromatic heterocycles. The summed E-state index contributed by atoms with van der Waals surface area (Å²) in [5, 5.41) is 54.8. The summed E-state index contributed by atoms with van der Waals surface area (Å²) in [6.07, 6.45) is 78.5. The van der Waals surface area contributed by atoms with Gasteiger partial charge in [0.15, 0.2) is 6.29 Å². The van der Waals surface area contributed by atoms with Crippen LogP contribution in [0.2, 0.25) is 0 Å². The lowest BCUT2D eigenvalue weighted by Gasteiger charge is -2.40. The molecule has 0 aromatic rings. The molecule has 1 fully saturated rings. The van der Waals surface area contributed by atoms with Crippen molar-refractivity contribution in [2.24, 2.45) is 0 Å². The molecular weight excluding hydrogens is 1030 g/mol. The van der Waals surface area contributed by atoms with Gasteiger partial charge in [0, 0.05) is 6.42 Å². The van der Waals surface area contributed by atoms with Crippen LogP contribution in [-0.2, 0) is 14.3 Å². The molecule has 0 spiro atoms. The number of rotatable bonds is 65. The number of carbonyl (C=O) groups is 1. The molecule has 83 heavy (non-hydrogen) atoms. The monoisotopic (exact) mass is 1170 g/mol. The summed E-state index contributed by atoms with van der Waals surface area (Å²) in [4.78, 5) is 13.1. The van der Waals surface area contributed by atoms with E-state index < -0.39 is 49.5 Å². The van der Waals surface area contributed by atoms with Crippen molar-refractivity contribution in [3.05, 3.63) is 36.5 Å². The number of nitrogens with one attached hydrogen (secondary N) is 1. The van der Waals surface area contributed by atoms with Crippen molar-refractivity contribution in [3.8, 4) is 0 Å². The molecule has 1 aliphatic heterocycles. The van der Waals surface area contributed by atoms with Crippen molar-refractivity contribution in [2.45, 2.75) is 416 Å². The highest BCUT2D eigenvalue weighted by Gasteiger charge is 2.44. The van der Waals surface area contributed by atoms with Crippen molar-refractivity contribution in [1.82, 2.24) is 5.32 Å². The second-order valence-electron chi connectivity index (χ2n) is 25.7. The van der Waals surface area contributed by atoms with E-state index in [0.29, 0.717) is 6.42 Å². The third-order valence-corrected chi connectivity index (χ3v) is 17.7. The quantitative estimate of drug-likeness (QED) is 0.0261. The normalized spacial score (nSPS) is 18.4. The number of hydrogen-bond acceptors (Lipinski definition) is 8. The fourth-order valence-electron chi connectivity index (χ4n) is 12.0. The molecule has 0 aliphatic carbocycles. The molecule has 7 atom stereocenters. The van der Waals surface area contributed by atoms with Gasteiger partial charge in [-0.05, 0) is 44.9 Å². The van der Waals surface area contributed by atoms with Gasteiger partial charge in [0.2, 0.25) is 5.91 Å². The maximum absolute atomic E-state index is 13.1. The van der Waals surface area contributed by atoms with Crippen LogP contribution in [0.5, 0.6) is 0 Å². The molecule has 9 nitrogen and oxygen atoms in total. The Kier molecular flexibility index (Phi) is 60.7. The average molecular weight is 1170 g/mol. The molecule has 1 heterocycles. The highest BCUT2D eigenvalue weighted by Crippen LogP contribution is 2.24. The highest BCUT2D eigenvalue weighted by molar-refractivity contribution is 5.76. The smallest absolute Gasteiger partial charge is 0.220 e. The molecule has 9 heteroatoms. The summed E-state index contributed by atoms with van der Waals surface area (Å²) in [6, 6.07) is -0.828. The van der Waals surface area contributed by atoms with E-state index in [-0.39, 0.29) is 12.5 Å². The summed E-state index contributed by atoms with van der Waals surface area (Å²) in [5.74, 6) is -0.183. The van der Waals surface area contributed by atoms with Crippen LogP contribution in [0.3, 0.4) is 0 Å². The van der Waals surface area contributed by atoms with E-state index in [2.05, 4.69) is 43.5 Å². The third-order valence-electron chi connectivity index (χ3n) is 17.7. The van der Waals surface area contributed by atoms with Gasteiger partial charge in [-0.1, -0.05) is 359 Å². The van der Waals surface area contributed by atoms with Gasteiger partial charge in [0.05, 0.1) is 25.4 Å². The second-order valence-corrected chi connectivity index (χ2v) is 25.7. The number of aliphatic hydroxyl groups is 5. The Bertz CT molecular complexity index is 1410. The average Bonchev–Trinajstić information content (AvgIpc) is 3.57. The zero-order chi connectivity index (χ0) is 60.0. The number of allylic oxidation sites excluding steroid dienone is 5. The van der Waals surface area contributed by atoms with Crippen LogP contribution in [0, 0.1) is 0 Å². The van der Waals surface area contributed by atoms with Crippen LogP contribution < -0.4 is 5.32 Å². The van der Waals surface area contributed by atoms with Crippen LogP contribution in [0.4, 0.5) is 0 Å². The third kappa shape index (κ3) is 52.1. The molecule has 0 aromatic carbocycles. The van der Waals surface area contributed by atoms with E-state index in [0.717, 1.165) is 44.9 Å². The zero-order valence-electron chi connectivity index (χ0n) is 55.0. The first kappa shape index (κ1) is 79.4. The Morgan fingerprint density at radius 3 is 1.01 bits per heavy atom. The first-order valence-electron chi connectivity index (χ1n) is 36.7. The molecule has 1 aliphatic rings. The van der Waals surface area contributed by atoms with Crippen LogP contribution in [0.1, 0.15) is 373 Å². The number of hydrogen-bond donors (Lipinski definition) is 6. The van der Waals surface area contributed by atoms with Crippen LogP contribution in [-0.4, -0.2) is 87.5 Å². The van der Waals surface area contributed by atoms with Crippen molar-refractivity contribution in [2.75, 3.05) is 13.2 Å². The predicted molar refractivity (Wildman–Crippen MR) is 355 cm³/mol. The van der Waals surface area contributed by atoms with Gasteiger partial charge in [-0.2, -0.15) is 0 Å². The maximum Gasteiger partial charge on any atom is 0.220 e. The van der Waals surface area contributed by atoms with Gasteiger partial charge < -0.3 is 40.3 Å². The Balaban J connectivity index is 2.13. The van der Waals surface area contributed by atoms with Crippen molar-refractivity contribution in [3.63, 3.8) is 0 Å². The van der Waals surface area contributed by atoms with Crippen molar-refractivity contribution >= 4 is 5.91 Å². The molecule has 0 saturated carbocycles. The van der Waals surface area contributed by atoms with Gasteiger partial charge >= 0.3 is 0 Å². The Labute approximate surface area is 514 Å². The van der Waals surface area contributed by atoms with Gasteiger partial charge in [-0.3, -0.25) is 4.79 Å². The van der Waals surface area contributed by atoms with E-state index in [4.69, 9.17) is 9.47 Å². The van der Waals surface area contributed by atoms with Crippen LogP contribution in [0.25, 0.3) is 0 Å². The molecule has 0 radical (unpaired) electrons. The van der Waals surface area contributed by atoms with Gasteiger partial charge in [0.1, 0.15) is 24.4 Å². The number of aliphatic hydroxyl groups excluding tert-OH is 5. The summed E-state index contributed by atoms with van der Waals surface area (Å²) in [6.45, 7) is 3.82. The summed E-state index contributed by atoms with van der Waals surface area (Å²) in [5.41, 5.74) is 0. The first-order valence-corrected chi connectivity index (χ1v) is 36.7. The molecule has 490 valence electrons. The van der Waals surface area contributed by atoms with Crippen LogP contribution >= 0.6 is 0 Å². The van der Waals surface area contributed by atoms with E-state index in [1.54, 1.807) is 6.08 Å². The van der Waals surface area contributed by atoms with E-state index in [9.17, 15) is 30.3 Å². The van der Waals surface area contributed by atoms with E-state index in [1.165, 1.54) is 308 Å². The molecule has 1 saturated heterocycles. The fraction of sp³-hybridized carbons (Fsp3) is 0.905. The number of ether oxygens (including phenoxy) is 2. The SMILES string of the molecule is CCCCCCCCCCCCCCCCCCCCCCCCC/C=C/CC/C=C/CC/C=C/C(O)C(COC1OC(CO)C(O)C(O)C1O)NC(=O)CCCCCCCCCCCCCCCCCCCCCCCCCCCCC. The van der Waals surface area contributed by atoms with Gasteiger partial charge in [-0.15, -0.1) is 0 Å². The minimum atomic E-state index is -1.58. The predicted octanol–water partition coefficient (Wildman–Crippen LogP) is 20.2. The lowest BCUT2D eigenvalue weighted by molar-refractivity contribution is -0.302. The summed E-state index contributed by atoms with van der Waals surface area (Å²) in [7, 11) is 0. The van der Waals surface area contributed by atoms with Crippen molar-refractivity contribution in [1.29, 1.82) is 0 Å². The zero-order valence-corrected chi connectivity index (χ0v) is 55.0. The number of amides is 1. The standard InChI is InChI=1S/C74H141NO8/c1-3-5-7-9-11-13-15-17-19-21-23-25-27-29-31-32-33-34-35-36-38-39-41-43-45-47-49-51-53-55-57-59-61-63-68(77)67(66-82-74-73(81)72(80)71(79)69(65-76)83-74)75-70(78)64-62-60-58-56-54-52-50-48-46-44-42-40-37-30-28-26-24-22-20-18-16-14-12-10-8-6-4-2/h45,47,53,55,61,63,67-69,71-74,76-77,79-81H,3-44,46,48-52,54,56-60,62,64-66H2,1-2H3,(H,75,78)/b47-45+,55-53+,63-61+. The fourth-order valence-corrected chi connectivity index (χ4v) is 12.0.